The minimum Gasteiger partial charge on any atom is -0.496 e. The van der Waals surface area contributed by atoms with E-state index in [1.54, 1.807) is 18.2 Å². The van der Waals surface area contributed by atoms with Crippen molar-refractivity contribution in [2.45, 2.75) is 41.5 Å². The first-order valence-electron chi connectivity index (χ1n) is 12.2. The number of hydrogen-bond donors (Lipinski definition) is 3. The molecule has 2 aliphatic heterocycles. The van der Waals surface area contributed by atoms with Gasteiger partial charge in [-0.2, -0.15) is 4.72 Å². The number of fused-ring (bicyclic) bond motifs is 1. The van der Waals surface area contributed by atoms with Crippen molar-refractivity contribution in [1.82, 2.24) is 19.6 Å². The van der Waals surface area contributed by atoms with Crippen LogP contribution in [-0.4, -0.2) is 85.0 Å². The Bertz CT molecular complexity index is 1580. The molecule has 40 heavy (non-hydrogen) atoms. The highest BCUT2D eigenvalue weighted by atomic mass is 32.2. The fourth-order valence-electron chi connectivity index (χ4n) is 4.95. The topological polar surface area (TPSA) is 168 Å². The van der Waals surface area contributed by atoms with Crippen molar-refractivity contribution >= 4 is 55.0 Å². The Morgan fingerprint density at radius 2 is 2.12 bits per heavy atom. The first-order valence-corrected chi connectivity index (χ1v) is 14.5. The highest BCUT2D eigenvalue weighted by molar-refractivity contribution is 7.91. The quantitative estimate of drug-likeness (QED) is 0.331. The molecule has 2 fully saturated rings. The smallest absolute Gasteiger partial charge is 0.326 e. The summed E-state index contributed by atoms with van der Waals surface area (Å²) in [7, 11) is -2.79. The number of halogens is 2. The largest absolute Gasteiger partial charge is 0.496 e. The van der Waals surface area contributed by atoms with Crippen LogP contribution in [0.2, 0.25) is 0 Å². The Balaban J connectivity index is 1.32. The first-order chi connectivity index (χ1) is 18.9. The number of carboxylic acids is 1. The number of methoxy groups -OCH3 is 1. The number of aliphatic carboxylic acids is 1. The molecule has 3 aromatic rings. The van der Waals surface area contributed by atoms with Gasteiger partial charge in [-0.1, -0.05) is 11.3 Å². The summed E-state index contributed by atoms with van der Waals surface area (Å²) in [5.74, 6) is -4.16. The summed E-state index contributed by atoms with van der Waals surface area (Å²) in [5.41, 5.74) is 6.47. The Morgan fingerprint density at radius 1 is 1.35 bits per heavy atom. The molecular weight excluding hydrogens is 570 g/mol. The van der Waals surface area contributed by atoms with Gasteiger partial charge in [-0.05, 0) is 35.6 Å². The van der Waals surface area contributed by atoms with Gasteiger partial charge >= 0.3 is 5.97 Å². The zero-order valence-corrected chi connectivity index (χ0v) is 22.8. The second-order valence-corrected chi connectivity index (χ2v) is 12.6. The van der Waals surface area contributed by atoms with E-state index in [2.05, 4.69) is 14.7 Å². The number of carbonyl (C=O) groups excluding carboxylic acids is 1. The number of benzene rings is 1. The Hall–Kier alpha value is -3.63. The van der Waals surface area contributed by atoms with Crippen LogP contribution in [0.25, 0.3) is 10.8 Å². The number of nitrogens with two attached hydrogens (primary N) is 1. The molecule has 0 radical (unpaired) electrons. The summed E-state index contributed by atoms with van der Waals surface area (Å²) in [6.45, 7) is -0.495. The van der Waals surface area contributed by atoms with E-state index in [1.807, 2.05) is 0 Å². The molecule has 0 aliphatic carbocycles. The number of hydrogen-bond acceptors (Lipinski definition) is 10. The number of aromatic nitrogens is 2. The van der Waals surface area contributed by atoms with Crippen LogP contribution >= 0.6 is 11.3 Å². The molecule has 0 spiro atoms. The van der Waals surface area contributed by atoms with Gasteiger partial charge < -0.3 is 25.4 Å². The summed E-state index contributed by atoms with van der Waals surface area (Å²) < 4.78 is 60.7. The number of sulfonamides is 1. The van der Waals surface area contributed by atoms with Crippen LogP contribution in [0.5, 0.6) is 5.75 Å². The lowest BCUT2D eigenvalue weighted by Crippen LogP contribution is -2.48. The highest BCUT2D eigenvalue weighted by Gasteiger charge is 2.42. The zero-order chi connectivity index (χ0) is 28.8. The summed E-state index contributed by atoms with van der Waals surface area (Å²) in [6, 6.07) is 2.61. The van der Waals surface area contributed by atoms with E-state index in [0.717, 1.165) is 22.4 Å². The van der Waals surface area contributed by atoms with Crippen LogP contribution in [0.15, 0.2) is 34.8 Å². The third kappa shape index (κ3) is 5.38. The number of carboxylic acid groups (broad SMARTS) is 1. The van der Waals surface area contributed by atoms with E-state index in [-0.39, 0.29) is 47.5 Å². The lowest BCUT2D eigenvalue weighted by molar-refractivity contribution is -0.148. The zero-order valence-electron chi connectivity index (χ0n) is 21.2. The molecule has 2 saturated heterocycles. The molecule has 214 valence electrons. The third-order valence-corrected chi connectivity index (χ3v) is 9.98. The van der Waals surface area contributed by atoms with E-state index < -0.39 is 46.5 Å². The van der Waals surface area contributed by atoms with Crippen LogP contribution in [0, 0.1) is 0 Å². The van der Waals surface area contributed by atoms with Gasteiger partial charge in [-0.15, -0.1) is 0 Å². The number of amides is 1. The number of rotatable bonds is 9. The Kier molecular flexibility index (Phi) is 7.26. The molecule has 2 aliphatic rings. The van der Waals surface area contributed by atoms with Gasteiger partial charge in [0.2, 0.25) is 5.91 Å². The van der Waals surface area contributed by atoms with Gasteiger partial charge in [0.25, 0.3) is 15.9 Å². The average molecular weight is 597 g/mol. The number of nitrogens with one attached hydrogen (secondary N) is 1. The highest BCUT2D eigenvalue weighted by Crippen LogP contribution is 2.35. The van der Waals surface area contributed by atoms with E-state index >= 15 is 0 Å². The normalized spacial score (nSPS) is 19.9. The summed E-state index contributed by atoms with van der Waals surface area (Å²) in [6.07, 6.45) is 2.18. The lowest BCUT2D eigenvalue weighted by atomic mass is 10.00. The molecule has 2 aromatic heterocycles. The molecule has 0 bridgehead atoms. The van der Waals surface area contributed by atoms with Gasteiger partial charge in [0.15, 0.2) is 9.34 Å². The van der Waals surface area contributed by atoms with Crippen LogP contribution in [0.1, 0.15) is 18.4 Å². The van der Waals surface area contributed by atoms with E-state index in [4.69, 9.17) is 10.5 Å². The number of nitrogens with zero attached hydrogens (tertiary/aromatic N) is 4. The van der Waals surface area contributed by atoms with Gasteiger partial charge in [-0.25, -0.2) is 32.0 Å². The molecule has 2 atom stereocenters. The first kappa shape index (κ1) is 27.9. The van der Waals surface area contributed by atoms with Crippen molar-refractivity contribution in [3.63, 3.8) is 0 Å². The minimum atomic E-state index is -4.22. The second kappa shape index (κ2) is 10.4. The van der Waals surface area contributed by atoms with Gasteiger partial charge in [0.1, 0.15) is 23.7 Å². The summed E-state index contributed by atoms with van der Waals surface area (Å²) in [4.78, 5) is 36.0. The fourth-order valence-corrected chi connectivity index (χ4v) is 7.33. The predicted molar refractivity (Wildman–Crippen MR) is 142 cm³/mol. The van der Waals surface area contributed by atoms with Crippen molar-refractivity contribution in [2.75, 3.05) is 37.4 Å². The van der Waals surface area contributed by atoms with Gasteiger partial charge in [-0.3, -0.25) is 4.79 Å². The molecule has 1 amide bonds. The predicted octanol–water partition coefficient (Wildman–Crippen LogP) is 1.70. The molecule has 12 nitrogen and oxygen atoms in total. The van der Waals surface area contributed by atoms with Crippen molar-refractivity contribution in [3.05, 3.63) is 36.2 Å². The molecule has 1 aromatic carbocycles. The lowest BCUT2D eigenvalue weighted by Gasteiger charge is -2.25. The average Bonchev–Trinajstić information content (AvgIpc) is 3.62. The van der Waals surface area contributed by atoms with Crippen LogP contribution in [0.4, 0.5) is 19.7 Å². The van der Waals surface area contributed by atoms with E-state index in [9.17, 15) is 31.9 Å². The van der Waals surface area contributed by atoms with Crippen molar-refractivity contribution in [3.8, 4) is 5.75 Å². The maximum absolute atomic E-state index is 13.6. The van der Waals surface area contributed by atoms with Crippen molar-refractivity contribution in [2.24, 2.45) is 0 Å². The van der Waals surface area contributed by atoms with Crippen LogP contribution < -0.4 is 20.1 Å². The summed E-state index contributed by atoms with van der Waals surface area (Å²) in [5, 5.41) is 11.5. The van der Waals surface area contributed by atoms with Crippen molar-refractivity contribution < 1.29 is 36.6 Å². The number of likely N-dealkylation sites (tertiary alicyclic amines) is 1. The second-order valence-electron chi connectivity index (χ2n) is 9.62. The number of carbonyl (C=O) groups is 2. The van der Waals surface area contributed by atoms with Gasteiger partial charge in [0.05, 0.1) is 19.9 Å². The number of nitrogen functional groups attached to an aromatic ring is 1. The number of thiazole rings is 1. The maximum Gasteiger partial charge on any atom is 0.326 e. The number of alkyl halides is 2. The van der Waals surface area contributed by atoms with E-state index in [0.29, 0.717) is 22.1 Å². The van der Waals surface area contributed by atoms with E-state index in [1.165, 1.54) is 18.2 Å². The molecular formula is C24H26F2N6O6S2. The third-order valence-electron chi connectivity index (χ3n) is 6.99. The maximum atomic E-state index is 13.6. The molecule has 2 unspecified atom stereocenters. The Labute approximate surface area is 231 Å². The van der Waals surface area contributed by atoms with Crippen LogP contribution in [0.3, 0.4) is 0 Å². The molecule has 5 rings (SSSR count). The summed E-state index contributed by atoms with van der Waals surface area (Å²) >= 11 is 0.727. The number of pyridine rings is 1. The van der Waals surface area contributed by atoms with Crippen LogP contribution in [-0.2, 0) is 26.0 Å². The minimum absolute atomic E-state index is 0.00650. The van der Waals surface area contributed by atoms with Gasteiger partial charge in [0, 0.05) is 37.5 Å². The Morgan fingerprint density at radius 3 is 2.80 bits per heavy atom. The molecule has 0 saturated carbocycles. The standard InChI is InChI=1S/C24H26F2N6O6S2/c1-38-18-10-15-13(2-5-28-20(15)27)8-14(18)9-17(22(34)35)32-6-3-16(21(32)33)30-40(36,37)19-11-29-23(39-19)31-7-4-24(25,26)12-31/h2,5,8,10-11,16-17,30H,3-4,6-7,9,12H2,1H3,(H2,27,28)(H,34,35). The monoisotopic (exact) mass is 596 g/mol. The fraction of sp³-hybridized carbons (Fsp3) is 0.417. The SMILES string of the molecule is COc1cc2c(N)nccc2cc1CC(C(=O)O)N1CCC(NS(=O)(=O)c2cnc(N3CCC(F)(F)C3)s2)C1=O. The molecule has 4 heterocycles. The van der Waals surface area contributed by atoms with Crippen molar-refractivity contribution in [1.29, 1.82) is 0 Å². The molecule has 4 N–H and O–H groups in total. The molecule has 16 heteroatoms. The number of anilines is 2. The number of ether oxygens (including phenoxy) is 1.